The van der Waals surface area contributed by atoms with Crippen LogP contribution >= 0.6 is 0 Å². The molecule has 0 unspecified atom stereocenters. The van der Waals surface area contributed by atoms with Gasteiger partial charge in [0.25, 0.3) is 0 Å². The van der Waals surface area contributed by atoms with Crippen molar-refractivity contribution in [2.75, 3.05) is 0 Å². The number of aliphatic hydroxyl groups is 1. The first-order valence-corrected chi connectivity index (χ1v) is 2.74. The molecule has 1 aromatic rings. The van der Waals surface area contributed by atoms with Crippen molar-refractivity contribution in [3.63, 3.8) is 0 Å². The fourth-order valence-electron chi connectivity index (χ4n) is 1.02. The van der Waals surface area contributed by atoms with E-state index >= 15 is 0 Å². The topological polar surface area (TPSA) is 33.4 Å². The molecule has 1 aliphatic carbocycles. The van der Waals surface area contributed by atoms with E-state index in [0.29, 0.717) is 11.5 Å². The highest BCUT2D eigenvalue weighted by atomic mass is 16.4. The first-order chi connectivity index (χ1) is 4.27. The van der Waals surface area contributed by atoms with Crippen LogP contribution in [-0.4, -0.2) is 5.11 Å². The Morgan fingerprint density at radius 3 is 2.33 bits per heavy atom. The van der Waals surface area contributed by atoms with Crippen LogP contribution in [0.4, 0.5) is 0 Å². The minimum absolute atomic E-state index is 0.590. The molecule has 0 saturated carbocycles. The van der Waals surface area contributed by atoms with E-state index in [1.54, 1.807) is 12.1 Å². The van der Waals surface area contributed by atoms with Crippen LogP contribution in [0.15, 0.2) is 29.2 Å². The smallest absolute Gasteiger partial charge is 0.198 e. The van der Waals surface area contributed by atoms with Gasteiger partial charge < -0.3 is 9.52 Å². The van der Waals surface area contributed by atoms with Crippen molar-refractivity contribution in [1.29, 1.82) is 0 Å². The third-order valence-electron chi connectivity index (χ3n) is 1.65. The van der Waals surface area contributed by atoms with Gasteiger partial charge in [-0.05, 0) is 18.2 Å². The Morgan fingerprint density at radius 1 is 1.56 bits per heavy atom. The third kappa shape index (κ3) is 0.328. The number of rotatable bonds is 1. The average molecular weight is 122 g/mol. The molecule has 2 heteroatoms. The maximum atomic E-state index is 9.44. The third-order valence-corrected chi connectivity index (χ3v) is 1.65. The van der Waals surface area contributed by atoms with Gasteiger partial charge >= 0.3 is 0 Å². The van der Waals surface area contributed by atoms with Crippen LogP contribution in [0.1, 0.15) is 11.5 Å². The van der Waals surface area contributed by atoms with Crippen molar-refractivity contribution in [1.82, 2.24) is 0 Å². The summed E-state index contributed by atoms with van der Waals surface area (Å²) in [6.45, 7) is 3.48. The summed E-state index contributed by atoms with van der Waals surface area (Å²) in [6, 6.07) is 3.49. The molecule has 3 rings (SSSR count). The molecule has 0 saturated heterocycles. The van der Waals surface area contributed by atoms with E-state index in [1.165, 1.54) is 6.08 Å². The van der Waals surface area contributed by atoms with Gasteiger partial charge in [0.15, 0.2) is 5.60 Å². The highest BCUT2D eigenvalue weighted by Gasteiger charge is 2.43. The van der Waals surface area contributed by atoms with E-state index in [4.69, 9.17) is 4.42 Å². The molecule has 2 nitrogen and oxygen atoms in total. The van der Waals surface area contributed by atoms with Crippen LogP contribution in [0, 0.1) is 0 Å². The standard InChI is InChI=1S/C7H6O2/c1-2-7(8)5-3-4-6(7)9-5/h2-4,8H,1H2. The molecule has 0 radical (unpaired) electrons. The predicted molar refractivity (Wildman–Crippen MR) is 31.9 cm³/mol. The van der Waals surface area contributed by atoms with E-state index in [2.05, 4.69) is 6.58 Å². The summed E-state index contributed by atoms with van der Waals surface area (Å²) in [5.41, 5.74) is -0.944. The molecule has 0 spiro atoms. The summed E-state index contributed by atoms with van der Waals surface area (Å²) in [4.78, 5) is 0. The Balaban J connectivity index is 2.59. The van der Waals surface area contributed by atoms with Gasteiger partial charge in [-0.1, -0.05) is 6.58 Å². The number of hydrogen-bond acceptors (Lipinski definition) is 2. The van der Waals surface area contributed by atoms with Crippen LogP contribution in [0.2, 0.25) is 0 Å². The van der Waals surface area contributed by atoms with E-state index in [0.717, 1.165) is 0 Å². The van der Waals surface area contributed by atoms with Gasteiger partial charge in [-0.2, -0.15) is 0 Å². The van der Waals surface area contributed by atoms with Crippen LogP contribution in [-0.2, 0) is 5.60 Å². The number of hydrogen-bond donors (Lipinski definition) is 1. The van der Waals surface area contributed by atoms with E-state index in [-0.39, 0.29) is 0 Å². The maximum Gasteiger partial charge on any atom is 0.198 e. The van der Waals surface area contributed by atoms with Crippen molar-refractivity contribution in [2.45, 2.75) is 5.60 Å². The van der Waals surface area contributed by atoms with Gasteiger partial charge in [0, 0.05) is 0 Å². The van der Waals surface area contributed by atoms with Crippen LogP contribution in [0.3, 0.4) is 0 Å². The minimum atomic E-state index is -0.944. The first-order valence-electron chi connectivity index (χ1n) is 2.74. The van der Waals surface area contributed by atoms with Gasteiger partial charge in [0.05, 0.1) is 0 Å². The highest BCUT2D eigenvalue weighted by Crippen LogP contribution is 2.41. The molecule has 9 heavy (non-hydrogen) atoms. The molecule has 1 aromatic heterocycles. The second-order valence-electron chi connectivity index (χ2n) is 2.13. The molecule has 2 heterocycles. The summed E-state index contributed by atoms with van der Waals surface area (Å²) >= 11 is 0. The molecule has 46 valence electrons. The fraction of sp³-hybridized carbons (Fsp3) is 0.143. The summed E-state index contributed by atoms with van der Waals surface area (Å²) < 4.78 is 4.96. The zero-order chi connectivity index (χ0) is 6.48. The SMILES string of the molecule is C=CC1(O)c2ccc1o2. The largest absolute Gasteiger partial charge is 0.458 e. The van der Waals surface area contributed by atoms with Gasteiger partial charge in [0.2, 0.25) is 0 Å². The molecule has 1 aliphatic heterocycles. The maximum absolute atomic E-state index is 9.44. The van der Waals surface area contributed by atoms with Gasteiger partial charge in [0.1, 0.15) is 11.5 Å². The second kappa shape index (κ2) is 1.11. The van der Waals surface area contributed by atoms with Gasteiger partial charge in [-0.3, -0.25) is 0 Å². The number of fused-ring (bicyclic) bond motifs is 1. The van der Waals surface area contributed by atoms with Crippen molar-refractivity contribution in [3.8, 4) is 0 Å². The first kappa shape index (κ1) is 4.82. The molecular formula is C7H6O2. The molecular weight excluding hydrogens is 116 g/mol. The summed E-state index contributed by atoms with van der Waals surface area (Å²) in [7, 11) is 0. The van der Waals surface area contributed by atoms with E-state index in [1.807, 2.05) is 0 Å². The summed E-state index contributed by atoms with van der Waals surface area (Å²) in [5, 5.41) is 9.44. The lowest BCUT2D eigenvalue weighted by molar-refractivity contribution is 0.0336. The predicted octanol–water partition coefficient (Wildman–Crippen LogP) is 1.01. The Bertz CT molecular complexity index is 234. The van der Waals surface area contributed by atoms with Crippen molar-refractivity contribution >= 4 is 0 Å². The van der Waals surface area contributed by atoms with Crippen molar-refractivity contribution in [3.05, 3.63) is 36.3 Å². The Morgan fingerprint density at radius 2 is 2.11 bits per heavy atom. The van der Waals surface area contributed by atoms with Crippen molar-refractivity contribution < 1.29 is 9.52 Å². The second-order valence-corrected chi connectivity index (χ2v) is 2.13. The van der Waals surface area contributed by atoms with Crippen molar-refractivity contribution in [2.24, 2.45) is 0 Å². The zero-order valence-electron chi connectivity index (χ0n) is 4.79. The van der Waals surface area contributed by atoms with Crippen LogP contribution in [0.5, 0.6) is 0 Å². The summed E-state index contributed by atoms with van der Waals surface area (Å²) in [6.07, 6.45) is 1.47. The molecule has 0 atom stereocenters. The van der Waals surface area contributed by atoms with Gasteiger partial charge in [-0.15, -0.1) is 0 Å². The molecule has 0 amide bonds. The Kier molecular flexibility index (Phi) is 0.596. The number of furan rings is 1. The Labute approximate surface area is 52.4 Å². The molecule has 1 N–H and O–H groups in total. The molecule has 0 fully saturated rings. The average Bonchev–Trinajstić information content (AvgIpc) is 2.42. The van der Waals surface area contributed by atoms with Crippen LogP contribution in [0.25, 0.3) is 0 Å². The zero-order valence-corrected chi connectivity index (χ0v) is 4.79. The molecule has 0 aromatic carbocycles. The lowest BCUT2D eigenvalue weighted by Crippen LogP contribution is -2.27. The van der Waals surface area contributed by atoms with E-state index in [9.17, 15) is 5.11 Å². The summed E-state index contributed by atoms with van der Waals surface area (Å²) in [5.74, 6) is 1.18. The normalized spacial score (nSPS) is 18.8. The monoisotopic (exact) mass is 122 g/mol. The van der Waals surface area contributed by atoms with Crippen LogP contribution < -0.4 is 0 Å². The lowest BCUT2D eigenvalue weighted by atomic mass is 10.00. The van der Waals surface area contributed by atoms with E-state index < -0.39 is 5.60 Å². The quantitative estimate of drug-likeness (QED) is 0.564. The fourth-order valence-corrected chi connectivity index (χ4v) is 1.02. The lowest BCUT2D eigenvalue weighted by Gasteiger charge is -2.24. The molecule has 2 aliphatic rings. The Hall–Kier alpha value is -1.02. The highest BCUT2D eigenvalue weighted by molar-refractivity contribution is 5.39. The minimum Gasteiger partial charge on any atom is -0.458 e. The molecule has 2 bridgehead atoms. The van der Waals surface area contributed by atoms with Gasteiger partial charge in [-0.25, -0.2) is 0 Å².